The van der Waals surface area contributed by atoms with Gasteiger partial charge in [-0.1, -0.05) is 60.3 Å². The quantitative estimate of drug-likeness (QED) is 0.464. The molecule has 190 valence electrons. The van der Waals surface area contributed by atoms with Gasteiger partial charge in [0.1, 0.15) is 17.9 Å². The first-order valence-corrected chi connectivity index (χ1v) is 12.6. The van der Waals surface area contributed by atoms with E-state index in [1.807, 2.05) is 48.5 Å². The highest BCUT2D eigenvalue weighted by atomic mass is 32.2. The van der Waals surface area contributed by atoms with Gasteiger partial charge in [-0.05, 0) is 42.3 Å². The lowest BCUT2D eigenvalue weighted by Gasteiger charge is -2.15. The highest BCUT2D eigenvalue weighted by Gasteiger charge is 2.36. The number of hydrogen-bond donors (Lipinski definition) is 2. The zero-order chi connectivity index (χ0) is 26.2. The van der Waals surface area contributed by atoms with Crippen LogP contribution in [-0.2, 0) is 27.5 Å². The predicted molar refractivity (Wildman–Crippen MR) is 143 cm³/mol. The molecule has 0 aliphatic carbocycles. The second-order valence-corrected chi connectivity index (χ2v) is 9.43. The summed E-state index contributed by atoms with van der Waals surface area (Å²) in [6, 6.07) is 21.2. The molecular formula is C27H27N5O4S. The van der Waals surface area contributed by atoms with Crippen molar-refractivity contribution in [1.29, 1.82) is 0 Å². The molecule has 2 aromatic carbocycles. The molecule has 1 aromatic heterocycles. The number of likely N-dealkylation sites (N-methyl/N-ethyl adjacent to an activating group) is 1. The number of carbonyl (C=O) groups is 3. The van der Waals surface area contributed by atoms with Gasteiger partial charge in [0.25, 0.3) is 0 Å². The van der Waals surface area contributed by atoms with Gasteiger partial charge in [-0.15, -0.1) is 0 Å². The highest BCUT2D eigenvalue weighted by molar-refractivity contribution is 8.15. The van der Waals surface area contributed by atoms with Crippen molar-refractivity contribution in [3.8, 4) is 0 Å². The predicted octanol–water partition coefficient (Wildman–Crippen LogP) is 4.14. The van der Waals surface area contributed by atoms with E-state index in [9.17, 15) is 14.4 Å². The maximum absolute atomic E-state index is 12.8. The summed E-state index contributed by atoms with van der Waals surface area (Å²) in [5.74, 6) is -0.451. The number of amides is 3. The largest absolute Gasteiger partial charge is 0.445 e. The molecule has 37 heavy (non-hydrogen) atoms. The molecule has 1 unspecified atom stereocenters. The molecule has 2 N–H and O–H groups in total. The first-order valence-electron chi connectivity index (χ1n) is 11.7. The number of thioether (sulfide) groups is 1. The number of amidine groups is 1. The Morgan fingerprint density at radius 1 is 1.08 bits per heavy atom. The fraction of sp³-hybridized carbons (Fsp3) is 0.222. The van der Waals surface area contributed by atoms with Gasteiger partial charge in [-0.2, -0.15) is 0 Å². The maximum Gasteiger partial charge on any atom is 0.408 e. The van der Waals surface area contributed by atoms with E-state index < -0.39 is 17.4 Å². The lowest BCUT2D eigenvalue weighted by atomic mass is 10.1. The standard InChI is InChI=1S/C27H27N5O4S/c1-18(30-27(35)36-17-19-8-4-3-5-9-19)24(33)31-21-13-11-20(12-14-21)23-25(34)32(2)26(37-23)29-16-22-10-6-7-15-28-22/h3-15,18,23H,16-17H2,1-2H3,(H,30,35)(H,31,33)/t18-,23?/m0/s1. The van der Waals surface area contributed by atoms with Crippen molar-refractivity contribution >= 4 is 40.5 Å². The number of anilines is 1. The van der Waals surface area contributed by atoms with Gasteiger partial charge in [-0.25, -0.2) is 4.79 Å². The van der Waals surface area contributed by atoms with E-state index in [-0.39, 0.29) is 18.4 Å². The number of ether oxygens (including phenoxy) is 1. The van der Waals surface area contributed by atoms with Gasteiger partial charge in [0.05, 0.1) is 12.2 Å². The van der Waals surface area contributed by atoms with Crippen LogP contribution >= 0.6 is 11.8 Å². The zero-order valence-corrected chi connectivity index (χ0v) is 21.3. The Balaban J connectivity index is 1.29. The number of alkyl carbamates (subject to hydrolysis) is 1. The lowest BCUT2D eigenvalue weighted by molar-refractivity contribution is -0.125. The summed E-state index contributed by atoms with van der Waals surface area (Å²) in [4.78, 5) is 47.7. The first-order chi connectivity index (χ1) is 17.9. The molecule has 1 aliphatic heterocycles. The Morgan fingerprint density at radius 2 is 1.81 bits per heavy atom. The van der Waals surface area contributed by atoms with Crippen molar-refractivity contribution in [3.05, 3.63) is 95.8 Å². The van der Waals surface area contributed by atoms with Crippen LogP contribution in [0.4, 0.5) is 10.5 Å². The Bertz CT molecular complexity index is 1270. The normalized spacial score (nSPS) is 16.9. The minimum absolute atomic E-state index is 0.0617. The third-order valence-corrected chi connectivity index (χ3v) is 6.91. The molecule has 1 saturated heterocycles. The zero-order valence-electron chi connectivity index (χ0n) is 20.5. The Labute approximate surface area is 219 Å². The fourth-order valence-corrected chi connectivity index (χ4v) is 4.65. The van der Waals surface area contributed by atoms with Crippen LogP contribution in [0, 0.1) is 0 Å². The molecule has 4 rings (SSSR count). The number of aromatic nitrogens is 1. The molecule has 0 spiro atoms. The van der Waals surface area contributed by atoms with Crippen molar-refractivity contribution < 1.29 is 19.1 Å². The van der Waals surface area contributed by atoms with Crippen LogP contribution in [-0.4, -0.2) is 46.0 Å². The van der Waals surface area contributed by atoms with E-state index in [0.29, 0.717) is 17.4 Å². The second kappa shape index (κ2) is 12.2. The third kappa shape index (κ3) is 6.95. The van der Waals surface area contributed by atoms with Crippen molar-refractivity contribution in [2.45, 2.75) is 31.4 Å². The monoisotopic (exact) mass is 517 g/mol. The maximum atomic E-state index is 12.8. The number of aliphatic imine (C=N–C) groups is 1. The van der Waals surface area contributed by atoms with Gasteiger partial charge in [0.2, 0.25) is 11.8 Å². The molecular weight excluding hydrogens is 490 g/mol. The molecule has 2 heterocycles. The molecule has 0 radical (unpaired) electrons. The summed E-state index contributed by atoms with van der Waals surface area (Å²) in [5, 5.41) is 5.50. The van der Waals surface area contributed by atoms with Crippen molar-refractivity contribution in [2.24, 2.45) is 4.99 Å². The molecule has 9 nitrogen and oxygen atoms in total. The summed E-state index contributed by atoms with van der Waals surface area (Å²) in [6.07, 6.45) is 1.03. The molecule has 0 saturated carbocycles. The van der Waals surface area contributed by atoms with E-state index >= 15 is 0 Å². The highest BCUT2D eigenvalue weighted by Crippen LogP contribution is 2.39. The van der Waals surface area contributed by atoms with Crippen LogP contribution in [0.3, 0.4) is 0 Å². The van der Waals surface area contributed by atoms with E-state index in [1.54, 1.807) is 49.3 Å². The van der Waals surface area contributed by atoms with Gasteiger partial charge in [0, 0.05) is 18.9 Å². The number of nitrogens with zero attached hydrogens (tertiary/aromatic N) is 3. The second-order valence-electron chi connectivity index (χ2n) is 8.35. The van der Waals surface area contributed by atoms with Gasteiger partial charge in [0.15, 0.2) is 5.17 Å². The van der Waals surface area contributed by atoms with Crippen LogP contribution in [0.15, 0.2) is 84.0 Å². The van der Waals surface area contributed by atoms with E-state index in [4.69, 9.17) is 4.74 Å². The Morgan fingerprint density at radius 3 is 2.51 bits per heavy atom. The lowest BCUT2D eigenvalue weighted by Crippen LogP contribution is -2.41. The van der Waals surface area contributed by atoms with E-state index in [0.717, 1.165) is 16.8 Å². The van der Waals surface area contributed by atoms with Crippen molar-refractivity contribution in [3.63, 3.8) is 0 Å². The molecule has 0 bridgehead atoms. The molecule has 3 aromatic rings. The number of hydrogen-bond acceptors (Lipinski definition) is 7. The summed E-state index contributed by atoms with van der Waals surface area (Å²) in [6.45, 7) is 2.08. The smallest absolute Gasteiger partial charge is 0.408 e. The molecule has 1 fully saturated rings. The molecule has 1 aliphatic rings. The Kier molecular flexibility index (Phi) is 8.52. The Hall–Kier alpha value is -4.18. The topological polar surface area (TPSA) is 113 Å². The summed E-state index contributed by atoms with van der Waals surface area (Å²) in [7, 11) is 1.71. The number of benzene rings is 2. The molecule has 2 atom stereocenters. The SMILES string of the molecule is C[C@H](NC(=O)OCc1ccccc1)C(=O)Nc1ccc(C2SC(=NCc3ccccn3)N(C)C2=O)cc1. The van der Waals surface area contributed by atoms with Crippen LogP contribution < -0.4 is 10.6 Å². The first kappa shape index (κ1) is 25.9. The third-order valence-electron chi connectivity index (χ3n) is 5.59. The summed E-state index contributed by atoms with van der Waals surface area (Å²) < 4.78 is 5.16. The average molecular weight is 518 g/mol. The van der Waals surface area contributed by atoms with Gasteiger partial charge in [-0.3, -0.25) is 24.5 Å². The average Bonchev–Trinajstić information content (AvgIpc) is 3.21. The minimum atomic E-state index is -0.804. The number of carbonyl (C=O) groups excluding carboxylic acids is 3. The summed E-state index contributed by atoms with van der Waals surface area (Å²) in [5.41, 5.74) is 3.03. The van der Waals surface area contributed by atoms with Crippen LogP contribution in [0.5, 0.6) is 0 Å². The number of rotatable bonds is 8. The van der Waals surface area contributed by atoms with Crippen LogP contribution in [0.2, 0.25) is 0 Å². The minimum Gasteiger partial charge on any atom is -0.445 e. The number of pyridine rings is 1. The van der Waals surface area contributed by atoms with E-state index in [1.165, 1.54) is 11.8 Å². The van der Waals surface area contributed by atoms with Crippen LogP contribution in [0.1, 0.15) is 29.0 Å². The van der Waals surface area contributed by atoms with Crippen molar-refractivity contribution in [1.82, 2.24) is 15.2 Å². The number of nitrogens with one attached hydrogen (secondary N) is 2. The van der Waals surface area contributed by atoms with Crippen LogP contribution in [0.25, 0.3) is 0 Å². The van der Waals surface area contributed by atoms with Crippen molar-refractivity contribution in [2.75, 3.05) is 12.4 Å². The summed E-state index contributed by atoms with van der Waals surface area (Å²) >= 11 is 1.38. The van der Waals surface area contributed by atoms with E-state index in [2.05, 4.69) is 20.6 Å². The molecule has 10 heteroatoms. The van der Waals surface area contributed by atoms with Gasteiger partial charge >= 0.3 is 6.09 Å². The molecule has 3 amide bonds. The van der Waals surface area contributed by atoms with Gasteiger partial charge < -0.3 is 15.4 Å². The fourth-order valence-electron chi connectivity index (χ4n) is 3.50.